The molecule has 0 spiro atoms. The Balaban J connectivity index is 4.25. The van der Waals surface area contributed by atoms with Crippen molar-refractivity contribution in [2.45, 2.75) is 195 Å². The third-order valence-electron chi connectivity index (χ3n) is 8.79. The minimum Gasteiger partial charge on any atom is -0.301 e. The van der Waals surface area contributed by atoms with Crippen molar-refractivity contribution in [2.75, 3.05) is 37.7 Å². The van der Waals surface area contributed by atoms with E-state index in [2.05, 4.69) is 51.3 Å². The maximum atomic E-state index is 12.7. The molecule has 4 nitrogen and oxygen atoms in total. The van der Waals surface area contributed by atoms with Crippen LogP contribution < -0.4 is 0 Å². The predicted octanol–water partition coefficient (Wildman–Crippen LogP) is 11.5. The van der Waals surface area contributed by atoms with Crippen molar-refractivity contribution < 1.29 is 9.59 Å². The molecule has 0 aliphatic heterocycles. The molecule has 0 fully saturated rings. The smallest absolute Gasteiger partial charge is 0.190 e. The molecule has 0 saturated heterocycles. The topological polar surface area (TPSA) is 40.6 Å². The summed E-state index contributed by atoms with van der Waals surface area (Å²) in [6.07, 6.45) is 27.8. The van der Waals surface area contributed by atoms with Crippen LogP contribution in [0.2, 0.25) is 0 Å². The molecule has 6 heteroatoms. The fraction of sp³-hybridized carbons (Fsp3) is 0.947. The van der Waals surface area contributed by atoms with E-state index >= 15 is 0 Å². The highest BCUT2D eigenvalue weighted by atomic mass is 32.2. The van der Waals surface area contributed by atoms with Crippen LogP contribution in [0.25, 0.3) is 0 Å². The summed E-state index contributed by atoms with van der Waals surface area (Å²) in [5, 5.41) is 0.634. The summed E-state index contributed by atoms with van der Waals surface area (Å²) in [6.45, 7) is 17.0. The monoisotopic (exact) mass is 657 g/mol. The van der Waals surface area contributed by atoms with E-state index in [1.54, 1.807) is 0 Å². The second kappa shape index (κ2) is 32.9. The summed E-state index contributed by atoms with van der Waals surface area (Å²) < 4.78 is 0. The van der Waals surface area contributed by atoms with Crippen LogP contribution in [0.5, 0.6) is 0 Å². The molecule has 0 unspecified atom stereocenters. The van der Waals surface area contributed by atoms with E-state index in [4.69, 9.17) is 0 Å². The van der Waals surface area contributed by atoms with Gasteiger partial charge in [0.2, 0.25) is 0 Å². The van der Waals surface area contributed by atoms with Crippen LogP contribution in [0.1, 0.15) is 183 Å². The van der Waals surface area contributed by atoms with E-state index in [-0.39, 0.29) is 0 Å². The first-order valence-corrected chi connectivity index (χ1v) is 21.1. The van der Waals surface area contributed by atoms with Gasteiger partial charge >= 0.3 is 0 Å². The van der Waals surface area contributed by atoms with Gasteiger partial charge < -0.3 is 4.90 Å². The highest BCUT2D eigenvalue weighted by Crippen LogP contribution is 2.16. The summed E-state index contributed by atoms with van der Waals surface area (Å²) >= 11 is 3.06. The molecule has 0 aromatic rings. The van der Waals surface area contributed by atoms with E-state index in [1.807, 2.05) is 0 Å². The quantitative estimate of drug-likeness (QED) is 0.0655. The Morgan fingerprint density at radius 1 is 0.455 bits per heavy atom. The molecule has 0 bridgehead atoms. The Bertz CT molecular complexity index is 594. The molecule has 0 amide bonds. The highest BCUT2D eigenvalue weighted by molar-refractivity contribution is 8.13. The molecule has 0 rings (SSSR count). The summed E-state index contributed by atoms with van der Waals surface area (Å²) in [7, 11) is 0. The van der Waals surface area contributed by atoms with E-state index in [1.165, 1.54) is 139 Å². The standard InChI is InChI=1S/C38H76N2O2S2/c1-7-9-11-13-15-17-19-21-23-25-33-43-37(41)27-29-39(31-32-40(35(3)4)36(5)6)30-28-38(42)44-34-26-24-22-20-18-16-14-12-10-8-2/h35-36H,7-34H2,1-6H3. The van der Waals surface area contributed by atoms with Gasteiger partial charge in [-0.05, 0) is 40.5 Å². The Hall–Kier alpha value is -0.0400. The second-order valence-corrected chi connectivity index (χ2v) is 15.9. The van der Waals surface area contributed by atoms with Gasteiger partial charge in [-0.3, -0.25) is 14.5 Å². The second-order valence-electron chi connectivity index (χ2n) is 13.6. The third kappa shape index (κ3) is 29.4. The van der Waals surface area contributed by atoms with Crippen molar-refractivity contribution in [2.24, 2.45) is 0 Å². The summed E-state index contributed by atoms with van der Waals surface area (Å²) in [5.74, 6) is 1.91. The molecule has 44 heavy (non-hydrogen) atoms. The van der Waals surface area contributed by atoms with E-state index in [0.29, 0.717) is 35.2 Å². The number of thioether (sulfide) groups is 2. The first-order chi connectivity index (χ1) is 21.3. The zero-order chi connectivity index (χ0) is 32.7. The van der Waals surface area contributed by atoms with Gasteiger partial charge in [0.1, 0.15) is 0 Å². The Morgan fingerprint density at radius 2 is 0.773 bits per heavy atom. The van der Waals surface area contributed by atoms with Crippen molar-refractivity contribution in [3.05, 3.63) is 0 Å². The van der Waals surface area contributed by atoms with Crippen LogP contribution in [0.4, 0.5) is 0 Å². The number of hydrogen-bond acceptors (Lipinski definition) is 6. The van der Waals surface area contributed by atoms with Crippen molar-refractivity contribution in [3.63, 3.8) is 0 Å². The zero-order valence-electron chi connectivity index (χ0n) is 30.5. The molecule has 0 aliphatic carbocycles. The SMILES string of the molecule is CCCCCCCCCCCCSC(=O)CCN(CCC(=O)SCCCCCCCCCCCC)CCN(C(C)C)C(C)C. The summed E-state index contributed by atoms with van der Waals surface area (Å²) in [6, 6.07) is 0.988. The number of carbonyl (C=O) groups excluding carboxylic acids is 2. The summed E-state index contributed by atoms with van der Waals surface area (Å²) in [4.78, 5) is 30.2. The number of unbranched alkanes of at least 4 members (excludes halogenated alkanes) is 18. The largest absolute Gasteiger partial charge is 0.301 e. The number of rotatable bonds is 33. The molecule has 0 aromatic heterocycles. The third-order valence-corrected chi connectivity index (χ3v) is 10.8. The number of nitrogens with zero attached hydrogens (tertiary/aromatic N) is 2. The normalized spacial score (nSPS) is 12.0. The number of carbonyl (C=O) groups is 2. The predicted molar refractivity (Wildman–Crippen MR) is 201 cm³/mol. The van der Waals surface area contributed by atoms with Crippen molar-refractivity contribution in [1.82, 2.24) is 9.80 Å². The molecule has 0 atom stereocenters. The van der Waals surface area contributed by atoms with Crippen LogP contribution in [0.15, 0.2) is 0 Å². The van der Waals surface area contributed by atoms with Crippen LogP contribution >= 0.6 is 23.5 Å². The fourth-order valence-electron chi connectivity index (χ4n) is 5.90. The van der Waals surface area contributed by atoms with Crippen molar-refractivity contribution in [1.29, 1.82) is 0 Å². The Labute approximate surface area is 284 Å². The maximum absolute atomic E-state index is 12.7. The van der Waals surface area contributed by atoms with E-state index in [0.717, 1.165) is 50.5 Å². The molecular weight excluding hydrogens is 581 g/mol. The van der Waals surface area contributed by atoms with Crippen LogP contribution in [-0.2, 0) is 9.59 Å². The lowest BCUT2D eigenvalue weighted by molar-refractivity contribution is -0.111. The van der Waals surface area contributed by atoms with Gasteiger partial charge in [0.25, 0.3) is 0 Å². The van der Waals surface area contributed by atoms with Gasteiger partial charge in [-0.15, -0.1) is 0 Å². The lowest BCUT2D eigenvalue weighted by atomic mass is 10.1. The highest BCUT2D eigenvalue weighted by Gasteiger charge is 2.17. The first-order valence-electron chi connectivity index (χ1n) is 19.1. The zero-order valence-corrected chi connectivity index (χ0v) is 32.1. The lowest BCUT2D eigenvalue weighted by Gasteiger charge is -2.33. The minimum atomic E-state index is 0.317. The van der Waals surface area contributed by atoms with Gasteiger partial charge in [0.15, 0.2) is 10.2 Å². The van der Waals surface area contributed by atoms with Gasteiger partial charge in [0.05, 0.1) is 0 Å². The first kappa shape index (κ1) is 44.0. The average Bonchev–Trinajstić information content (AvgIpc) is 2.99. The Morgan fingerprint density at radius 3 is 1.09 bits per heavy atom. The van der Waals surface area contributed by atoms with Crippen molar-refractivity contribution in [3.8, 4) is 0 Å². The average molecular weight is 657 g/mol. The van der Waals surface area contributed by atoms with E-state index in [9.17, 15) is 9.59 Å². The van der Waals surface area contributed by atoms with Crippen LogP contribution in [0, 0.1) is 0 Å². The molecular formula is C38H76N2O2S2. The van der Waals surface area contributed by atoms with Gasteiger partial charge in [-0.1, -0.05) is 153 Å². The van der Waals surface area contributed by atoms with Gasteiger partial charge in [-0.25, -0.2) is 0 Å². The van der Waals surface area contributed by atoms with Crippen LogP contribution in [0.3, 0.4) is 0 Å². The Kier molecular flexibility index (Phi) is 32.9. The molecule has 0 heterocycles. The molecule has 0 radical (unpaired) electrons. The molecule has 0 N–H and O–H groups in total. The molecule has 0 aromatic carbocycles. The van der Waals surface area contributed by atoms with Gasteiger partial charge in [-0.2, -0.15) is 0 Å². The van der Waals surface area contributed by atoms with E-state index < -0.39 is 0 Å². The molecule has 0 aliphatic rings. The lowest BCUT2D eigenvalue weighted by Crippen LogP contribution is -2.43. The fourth-order valence-corrected chi connectivity index (χ4v) is 7.52. The summed E-state index contributed by atoms with van der Waals surface area (Å²) in [5.41, 5.74) is 0. The number of hydrogen-bond donors (Lipinski definition) is 0. The molecule has 0 saturated carbocycles. The molecule has 262 valence electrons. The minimum absolute atomic E-state index is 0.317. The maximum Gasteiger partial charge on any atom is 0.190 e. The van der Waals surface area contributed by atoms with Crippen LogP contribution in [-0.4, -0.2) is 69.8 Å². The van der Waals surface area contributed by atoms with Gasteiger partial charge in [0, 0.05) is 62.6 Å². The van der Waals surface area contributed by atoms with Crippen molar-refractivity contribution >= 4 is 33.8 Å².